The molecule has 0 spiro atoms. The summed E-state index contributed by atoms with van der Waals surface area (Å²) in [5.74, 6) is -0.568. The molecule has 0 saturated heterocycles. The molecule has 3 rings (SSSR count). The Morgan fingerprint density at radius 2 is 1.80 bits per heavy atom. The molecule has 0 atom stereocenters. The summed E-state index contributed by atoms with van der Waals surface area (Å²) in [4.78, 5) is 25.0. The van der Waals surface area contributed by atoms with Crippen LogP contribution in [-0.2, 0) is 11.2 Å². The third kappa shape index (κ3) is 5.63. The lowest BCUT2D eigenvalue weighted by Gasteiger charge is -2.27. The summed E-state index contributed by atoms with van der Waals surface area (Å²) in [5, 5.41) is 10.3. The molecule has 0 bridgehead atoms. The van der Waals surface area contributed by atoms with E-state index in [2.05, 4.69) is 25.1 Å². The molecule has 0 aromatic heterocycles. The molecule has 2 aromatic carbocycles. The highest BCUT2D eigenvalue weighted by Gasteiger charge is 2.40. The smallest absolute Gasteiger partial charge is 0.310 e. The maximum absolute atomic E-state index is 13.0. The van der Waals surface area contributed by atoms with E-state index in [-0.39, 0.29) is 12.2 Å². The van der Waals surface area contributed by atoms with E-state index in [4.69, 9.17) is 16.3 Å². The van der Waals surface area contributed by atoms with Gasteiger partial charge in [0.05, 0.1) is 17.0 Å². The zero-order valence-corrected chi connectivity index (χ0v) is 18.2. The van der Waals surface area contributed by atoms with Crippen molar-refractivity contribution in [1.29, 1.82) is 0 Å². The Labute approximate surface area is 183 Å². The quantitative estimate of drug-likeness (QED) is 0.397. The van der Waals surface area contributed by atoms with Crippen molar-refractivity contribution in [3.63, 3.8) is 0 Å². The lowest BCUT2D eigenvalue weighted by molar-refractivity contribution is -0.149. The number of benzene rings is 2. The molecule has 4 nitrogen and oxygen atoms in total. The minimum absolute atomic E-state index is 0.0205. The first kappa shape index (κ1) is 22.4. The number of carboxylic acids is 1. The Morgan fingerprint density at radius 1 is 1.07 bits per heavy atom. The minimum Gasteiger partial charge on any atom is -0.492 e. The van der Waals surface area contributed by atoms with Gasteiger partial charge in [0.25, 0.3) is 0 Å². The van der Waals surface area contributed by atoms with Crippen LogP contribution in [-0.4, -0.2) is 23.5 Å². The standard InChI is InChI=1S/C25H29ClO4/c1-18-7-6-8-19(15-18)11-14-30-23-16-20(9-10-21(23)26)22(27)17-25(24(28)29)12-4-2-3-5-13-25/h6-10,15-16H,2-5,11-14,17H2,1H3,(H,28,29). The molecule has 0 amide bonds. The average Bonchev–Trinajstić information content (AvgIpc) is 2.96. The van der Waals surface area contributed by atoms with Gasteiger partial charge in [-0.2, -0.15) is 0 Å². The highest BCUT2D eigenvalue weighted by Crippen LogP contribution is 2.40. The normalized spacial score (nSPS) is 15.9. The topological polar surface area (TPSA) is 63.6 Å². The Morgan fingerprint density at radius 3 is 2.47 bits per heavy atom. The number of rotatable bonds is 8. The summed E-state index contributed by atoms with van der Waals surface area (Å²) < 4.78 is 5.85. The van der Waals surface area contributed by atoms with Crippen molar-refractivity contribution in [2.75, 3.05) is 6.61 Å². The second kappa shape index (κ2) is 10.1. The summed E-state index contributed by atoms with van der Waals surface area (Å²) in [6, 6.07) is 13.2. The van der Waals surface area contributed by atoms with Crippen LogP contribution in [0, 0.1) is 12.3 Å². The number of ketones is 1. The highest BCUT2D eigenvalue weighted by atomic mass is 35.5. The number of hydrogen-bond acceptors (Lipinski definition) is 3. The van der Waals surface area contributed by atoms with E-state index in [1.807, 2.05) is 6.07 Å². The van der Waals surface area contributed by atoms with E-state index < -0.39 is 11.4 Å². The summed E-state index contributed by atoms with van der Waals surface area (Å²) in [7, 11) is 0. The molecular formula is C25H29ClO4. The number of carbonyl (C=O) groups is 2. The van der Waals surface area contributed by atoms with E-state index in [0.717, 1.165) is 32.1 Å². The van der Waals surface area contributed by atoms with Gasteiger partial charge in [-0.15, -0.1) is 0 Å². The molecule has 1 N–H and O–H groups in total. The fourth-order valence-corrected chi connectivity index (χ4v) is 4.39. The largest absolute Gasteiger partial charge is 0.492 e. The molecule has 0 heterocycles. The molecule has 1 aliphatic rings. The first-order valence-corrected chi connectivity index (χ1v) is 11.0. The lowest BCUT2D eigenvalue weighted by atomic mass is 9.75. The fourth-order valence-electron chi connectivity index (χ4n) is 4.21. The van der Waals surface area contributed by atoms with E-state index in [9.17, 15) is 14.7 Å². The van der Waals surface area contributed by atoms with E-state index in [1.54, 1.807) is 18.2 Å². The van der Waals surface area contributed by atoms with Crippen molar-refractivity contribution in [1.82, 2.24) is 0 Å². The number of aliphatic carboxylic acids is 1. The highest BCUT2D eigenvalue weighted by molar-refractivity contribution is 6.32. The van der Waals surface area contributed by atoms with Crippen molar-refractivity contribution in [3.05, 3.63) is 64.2 Å². The predicted molar refractivity (Wildman–Crippen MR) is 119 cm³/mol. The average molecular weight is 429 g/mol. The Bertz CT molecular complexity index is 898. The minimum atomic E-state index is -0.959. The third-order valence-corrected chi connectivity index (χ3v) is 6.31. The zero-order chi connectivity index (χ0) is 21.6. The van der Waals surface area contributed by atoms with Gasteiger partial charge in [0.1, 0.15) is 5.75 Å². The van der Waals surface area contributed by atoms with Crippen molar-refractivity contribution in [3.8, 4) is 5.75 Å². The molecule has 0 radical (unpaired) electrons. The summed E-state index contributed by atoms with van der Waals surface area (Å²) in [6.07, 6.45) is 5.64. The van der Waals surface area contributed by atoms with Gasteiger partial charge in [-0.05, 0) is 43.5 Å². The van der Waals surface area contributed by atoms with Crippen LogP contribution in [0.15, 0.2) is 42.5 Å². The predicted octanol–water partition coefficient (Wildman–Crippen LogP) is 6.27. The van der Waals surface area contributed by atoms with Crippen molar-refractivity contribution < 1.29 is 19.4 Å². The first-order valence-electron chi connectivity index (χ1n) is 10.6. The first-order chi connectivity index (χ1) is 14.4. The monoisotopic (exact) mass is 428 g/mol. The number of ether oxygens (including phenoxy) is 1. The molecule has 2 aromatic rings. The van der Waals surface area contributed by atoms with Crippen LogP contribution in [0.1, 0.15) is 66.4 Å². The molecule has 5 heteroatoms. The van der Waals surface area contributed by atoms with Gasteiger partial charge < -0.3 is 9.84 Å². The number of carboxylic acid groups (broad SMARTS) is 1. The van der Waals surface area contributed by atoms with E-state index in [1.165, 1.54) is 11.1 Å². The molecule has 0 unspecified atom stereocenters. The molecule has 160 valence electrons. The number of Topliss-reactive ketones (excluding diaryl/α,β-unsaturated/α-hetero) is 1. The van der Waals surface area contributed by atoms with E-state index in [0.29, 0.717) is 35.8 Å². The molecule has 0 aliphatic heterocycles. The van der Waals surface area contributed by atoms with Crippen molar-refractivity contribution in [2.24, 2.45) is 5.41 Å². The SMILES string of the molecule is Cc1cccc(CCOc2cc(C(=O)CC3(C(=O)O)CCCCCC3)ccc2Cl)c1. The number of carbonyl (C=O) groups excluding carboxylic acids is 1. The summed E-state index contributed by atoms with van der Waals surface area (Å²) in [6.45, 7) is 2.49. The number of halogens is 1. The maximum Gasteiger partial charge on any atom is 0.310 e. The van der Waals surface area contributed by atoms with Crippen molar-refractivity contribution in [2.45, 2.75) is 58.3 Å². The van der Waals surface area contributed by atoms with Crippen LogP contribution in [0.5, 0.6) is 5.75 Å². The molecule has 1 fully saturated rings. The van der Waals surface area contributed by atoms with Gasteiger partial charge in [-0.1, -0.05) is 67.1 Å². The Balaban J connectivity index is 1.68. The second-order valence-corrected chi connectivity index (χ2v) is 8.74. The van der Waals surface area contributed by atoms with Crippen molar-refractivity contribution >= 4 is 23.4 Å². The van der Waals surface area contributed by atoms with E-state index >= 15 is 0 Å². The summed E-state index contributed by atoms with van der Waals surface area (Å²) in [5.41, 5.74) is 1.87. The number of aryl methyl sites for hydroxylation is 1. The zero-order valence-electron chi connectivity index (χ0n) is 17.5. The second-order valence-electron chi connectivity index (χ2n) is 8.33. The van der Waals surface area contributed by atoms with Gasteiger partial charge in [0, 0.05) is 18.4 Å². The van der Waals surface area contributed by atoms with Gasteiger partial charge in [-0.25, -0.2) is 0 Å². The Hall–Kier alpha value is -2.33. The van der Waals surface area contributed by atoms with Gasteiger partial charge in [0.2, 0.25) is 0 Å². The molecular weight excluding hydrogens is 400 g/mol. The molecule has 30 heavy (non-hydrogen) atoms. The van der Waals surface area contributed by atoms with Crippen LogP contribution in [0.2, 0.25) is 5.02 Å². The van der Waals surface area contributed by atoms with Gasteiger partial charge in [-0.3, -0.25) is 9.59 Å². The van der Waals surface area contributed by atoms with Crippen LogP contribution in [0.25, 0.3) is 0 Å². The maximum atomic E-state index is 13.0. The molecule has 1 aliphatic carbocycles. The van der Waals surface area contributed by atoms with Gasteiger partial charge >= 0.3 is 5.97 Å². The van der Waals surface area contributed by atoms with Gasteiger partial charge in [0.15, 0.2) is 5.78 Å². The summed E-state index contributed by atoms with van der Waals surface area (Å²) >= 11 is 6.27. The number of hydrogen-bond donors (Lipinski definition) is 1. The van der Waals surface area contributed by atoms with Crippen LogP contribution < -0.4 is 4.74 Å². The fraction of sp³-hybridized carbons (Fsp3) is 0.440. The third-order valence-electron chi connectivity index (χ3n) is 6.00. The molecule has 1 saturated carbocycles. The lowest BCUT2D eigenvalue weighted by Crippen LogP contribution is -2.33. The van der Waals surface area contributed by atoms with Crippen LogP contribution >= 0.6 is 11.6 Å². The van der Waals surface area contributed by atoms with Crippen LogP contribution in [0.3, 0.4) is 0 Å². The Kier molecular flexibility index (Phi) is 7.54. The van der Waals surface area contributed by atoms with Crippen LogP contribution in [0.4, 0.5) is 0 Å².